The number of hydrogen-bond donors (Lipinski definition) is 1. The summed E-state index contributed by atoms with van der Waals surface area (Å²) in [7, 11) is 1.65. The summed E-state index contributed by atoms with van der Waals surface area (Å²) in [5, 5.41) is 7.79. The van der Waals surface area contributed by atoms with E-state index in [2.05, 4.69) is 15.4 Å². The van der Waals surface area contributed by atoms with E-state index in [1.807, 2.05) is 61.5 Å². The third kappa shape index (κ3) is 4.61. The molecule has 1 N–H and O–H groups in total. The van der Waals surface area contributed by atoms with Crippen LogP contribution in [0.5, 0.6) is 5.75 Å². The highest BCUT2D eigenvalue weighted by Crippen LogP contribution is 2.28. The van der Waals surface area contributed by atoms with Gasteiger partial charge in [0, 0.05) is 24.7 Å². The number of nitrogens with one attached hydrogen (secondary N) is 1. The van der Waals surface area contributed by atoms with Gasteiger partial charge in [-0.2, -0.15) is 5.10 Å². The van der Waals surface area contributed by atoms with Crippen molar-refractivity contribution in [3.8, 4) is 28.4 Å². The van der Waals surface area contributed by atoms with Crippen molar-refractivity contribution in [2.45, 2.75) is 20.0 Å². The number of rotatable bonds is 7. The van der Waals surface area contributed by atoms with Gasteiger partial charge >= 0.3 is 0 Å². The largest absolute Gasteiger partial charge is 0.497 e. The summed E-state index contributed by atoms with van der Waals surface area (Å²) >= 11 is 0. The van der Waals surface area contributed by atoms with E-state index >= 15 is 0 Å². The Labute approximate surface area is 180 Å². The van der Waals surface area contributed by atoms with Crippen molar-refractivity contribution in [1.82, 2.24) is 19.7 Å². The van der Waals surface area contributed by atoms with Gasteiger partial charge in [0.1, 0.15) is 28.6 Å². The molecule has 0 saturated heterocycles. The van der Waals surface area contributed by atoms with E-state index in [-0.39, 0.29) is 5.56 Å². The quantitative estimate of drug-likeness (QED) is 0.493. The third-order valence-electron chi connectivity index (χ3n) is 4.86. The maximum absolute atomic E-state index is 11.9. The lowest BCUT2D eigenvalue weighted by molar-refractivity contribution is 0.414. The minimum absolute atomic E-state index is 0.141. The molecule has 0 amide bonds. The summed E-state index contributed by atoms with van der Waals surface area (Å²) in [5.74, 6) is 1.47. The third-order valence-corrected chi connectivity index (χ3v) is 4.86. The van der Waals surface area contributed by atoms with Crippen LogP contribution in [-0.4, -0.2) is 26.9 Å². The van der Waals surface area contributed by atoms with E-state index in [0.717, 1.165) is 16.9 Å². The van der Waals surface area contributed by atoms with Crippen molar-refractivity contribution in [3.05, 3.63) is 88.8 Å². The Morgan fingerprint density at radius 3 is 2.45 bits per heavy atom. The van der Waals surface area contributed by atoms with E-state index in [1.54, 1.807) is 19.4 Å². The van der Waals surface area contributed by atoms with Crippen molar-refractivity contribution in [2.75, 3.05) is 12.4 Å². The molecule has 0 saturated carbocycles. The van der Waals surface area contributed by atoms with E-state index in [9.17, 15) is 4.79 Å². The van der Waals surface area contributed by atoms with Crippen molar-refractivity contribution in [2.24, 2.45) is 0 Å². The molecule has 2 aromatic carbocycles. The Balaban J connectivity index is 1.68. The smallest absolute Gasteiger partial charge is 0.266 e. The van der Waals surface area contributed by atoms with Crippen LogP contribution < -0.4 is 15.6 Å². The summed E-state index contributed by atoms with van der Waals surface area (Å²) < 4.78 is 6.62. The lowest BCUT2D eigenvalue weighted by Gasteiger charge is -2.12. The molecule has 0 aliphatic heterocycles. The van der Waals surface area contributed by atoms with E-state index in [1.165, 1.54) is 10.7 Å². The van der Waals surface area contributed by atoms with E-state index in [0.29, 0.717) is 36.0 Å². The Morgan fingerprint density at radius 1 is 0.968 bits per heavy atom. The van der Waals surface area contributed by atoms with Gasteiger partial charge in [0.25, 0.3) is 5.56 Å². The van der Waals surface area contributed by atoms with Gasteiger partial charge in [-0.3, -0.25) is 4.79 Å². The van der Waals surface area contributed by atoms with Crippen LogP contribution in [0.3, 0.4) is 0 Å². The lowest BCUT2D eigenvalue weighted by Crippen LogP contribution is -2.21. The molecule has 0 radical (unpaired) electrons. The van der Waals surface area contributed by atoms with Gasteiger partial charge < -0.3 is 10.1 Å². The molecule has 7 nitrogen and oxygen atoms in total. The monoisotopic (exact) mass is 413 g/mol. The maximum atomic E-state index is 11.9. The number of aryl methyl sites for hydroxylation is 1. The number of ether oxygens (including phenoxy) is 1. The zero-order chi connectivity index (χ0) is 21.6. The summed E-state index contributed by atoms with van der Waals surface area (Å²) in [4.78, 5) is 21.4. The Morgan fingerprint density at radius 2 is 1.74 bits per heavy atom. The zero-order valence-corrected chi connectivity index (χ0v) is 17.4. The van der Waals surface area contributed by atoms with Crippen LogP contribution in [0.1, 0.15) is 12.5 Å². The van der Waals surface area contributed by atoms with Crippen LogP contribution in [0.25, 0.3) is 22.6 Å². The highest BCUT2D eigenvalue weighted by molar-refractivity contribution is 5.76. The van der Waals surface area contributed by atoms with Crippen LogP contribution in [0.4, 0.5) is 5.82 Å². The van der Waals surface area contributed by atoms with Crippen LogP contribution in [0.2, 0.25) is 0 Å². The predicted octanol–water partition coefficient (Wildman–Crippen LogP) is 4.01. The minimum Gasteiger partial charge on any atom is -0.497 e. The van der Waals surface area contributed by atoms with Crippen molar-refractivity contribution in [3.63, 3.8) is 0 Å². The average molecular weight is 413 g/mol. The first-order valence-corrected chi connectivity index (χ1v) is 10.1. The number of nitrogens with zero attached hydrogens (tertiary/aromatic N) is 4. The zero-order valence-electron chi connectivity index (χ0n) is 17.4. The van der Waals surface area contributed by atoms with Crippen molar-refractivity contribution >= 4 is 5.82 Å². The summed E-state index contributed by atoms with van der Waals surface area (Å²) in [6, 6.07) is 20.9. The molecule has 0 fully saturated rings. The molecule has 0 aliphatic carbocycles. The predicted molar refractivity (Wildman–Crippen MR) is 121 cm³/mol. The second-order valence-corrected chi connectivity index (χ2v) is 6.89. The molecule has 0 spiro atoms. The molecule has 31 heavy (non-hydrogen) atoms. The number of methoxy groups -OCH3 is 1. The highest BCUT2D eigenvalue weighted by atomic mass is 16.5. The second-order valence-electron chi connectivity index (χ2n) is 6.89. The standard InChI is InChI=1S/C24H23N5O2/c1-3-29-22(30)14-13-20(28-29)24-23(18-7-5-4-6-8-18)27-21(16-26-24)25-15-17-9-11-19(31-2)12-10-17/h4-14,16H,3,15H2,1-2H3,(H,25,27). The molecule has 4 rings (SSSR count). The second kappa shape index (κ2) is 9.21. The maximum Gasteiger partial charge on any atom is 0.266 e. The van der Waals surface area contributed by atoms with Crippen LogP contribution in [-0.2, 0) is 13.1 Å². The Kier molecular flexibility index (Phi) is 6.03. The topological polar surface area (TPSA) is 81.9 Å². The SMILES string of the molecule is CCn1nc(-c2ncc(NCc3ccc(OC)cc3)nc2-c2ccccc2)ccc1=O. The molecule has 0 bridgehead atoms. The molecule has 7 heteroatoms. The van der Waals surface area contributed by atoms with Gasteiger partial charge in [0.15, 0.2) is 0 Å². The fourth-order valence-electron chi connectivity index (χ4n) is 3.20. The van der Waals surface area contributed by atoms with Crippen LogP contribution in [0, 0.1) is 0 Å². The van der Waals surface area contributed by atoms with Gasteiger partial charge in [0.05, 0.1) is 13.3 Å². The van der Waals surface area contributed by atoms with Gasteiger partial charge in [-0.25, -0.2) is 14.6 Å². The fourth-order valence-corrected chi connectivity index (χ4v) is 3.20. The molecule has 4 aromatic rings. The first-order valence-electron chi connectivity index (χ1n) is 10.1. The minimum atomic E-state index is -0.141. The number of aromatic nitrogens is 4. The molecule has 156 valence electrons. The molecule has 0 unspecified atom stereocenters. The number of hydrogen-bond acceptors (Lipinski definition) is 6. The summed E-state index contributed by atoms with van der Waals surface area (Å²) in [6.07, 6.45) is 1.69. The average Bonchev–Trinajstić information content (AvgIpc) is 2.84. The van der Waals surface area contributed by atoms with Crippen molar-refractivity contribution < 1.29 is 4.74 Å². The number of anilines is 1. The molecule has 0 atom stereocenters. The fraction of sp³-hybridized carbons (Fsp3) is 0.167. The summed E-state index contributed by atoms with van der Waals surface area (Å²) in [6.45, 7) is 2.97. The Hall–Kier alpha value is -4.00. The van der Waals surface area contributed by atoms with E-state index < -0.39 is 0 Å². The molecular weight excluding hydrogens is 390 g/mol. The highest BCUT2D eigenvalue weighted by Gasteiger charge is 2.14. The van der Waals surface area contributed by atoms with E-state index in [4.69, 9.17) is 9.72 Å². The lowest BCUT2D eigenvalue weighted by atomic mass is 10.1. The van der Waals surface area contributed by atoms with Gasteiger partial charge in [-0.1, -0.05) is 42.5 Å². The first-order chi connectivity index (χ1) is 15.2. The van der Waals surface area contributed by atoms with Gasteiger partial charge in [-0.05, 0) is 30.7 Å². The van der Waals surface area contributed by atoms with Gasteiger partial charge in [-0.15, -0.1) is 0 Å². The van der Waals surface area contributed by atoms with Gasteiger partial charge in [0.2, 0.25) is 0 Å². The molecule has 0 aliphatic rings. The number of benzene rings is 2. The first kappa shape index (κ1) is 20.3. The van der Waals surface area contributed by atoms with Crippen LogP contribution >= 0.6 is 0 Å². The normalized spacial score (nSPS) is 10.6. The molecule has 2 heterocycles. The Bertz CT molecular complexity index is 1220. The van der Waals surface area contributed by atoms with Crippen LogP contribution in [0.15, 0.2) is 77.7 Å². The molecular formula is C24H23N5O2. The summed E-state index contributed by atoms with van der Waals surface area (Å²) in [5.41, 5.74) is 3.82. The van der Waals surface area contributed by atoms with Crippen molar-refractivity contribution in [1.29, 1.82) is 0 Å². The molecule has 2 aromatic heterocycles.